The first kappa shape index (κ1) is 24.9. The number of aromatic nitrogens is 1. The van der Waals surface area contributed by atoms with Crippen molar-refractivity contribution in [1.82, 2.24) is 14.2 Å². The van der Waals surface area contributed by atoms with Crippen molar-refractivity contribution in [2.45, 2.75) is 36.7 Å². The molecular formula is C25H34N6O4S. The molecule has 194 valence electrons. The predicted molar refractivity (Wildman–Crippen MR) is 139 cm³/mol. The maximum absolute atomic E-state index is 13.1. The Morgan fingerprint density at radius 1 is 1.03 bits per heavy atom. The van der Waals surface area contributed by atoms with Crippen LogP contribution in [0.4, 0.5) is 23.0 Å². The van der Waals surface area contributed by atoms with Gasteiger partial charge in [-0.25, -0.2) is 13.4 Å². The monoisotopic (exact) mass is 514 g/mol. The Labute approximate surface area is 212 Å². The molecule has 1 N–H and O–H groups in total. The first-order valence-corrected chi connectivity index (χ1v) is 13.9. The van der Waals surface area contributed by atoms with Gasteiger partial charge in [0, 0.05) is 31.9 Å². The van der Waals surface area contributed by atoms with Crippen molar-refractivity contribution >= 4 is 38.9 Å². The minimum atomic E-state index is -3.60. The number of rotatable bonds is 5. The van der Waals surface area contributed by atoms with Crippen LogP contribution in [0.1, 0.15) is 19.8 Å². The van der Waals surface area contributed by atoms with Crippen molar-refractivity contribution in [1.29, 1.82) is 0 Å². The fraction of sp³-hybridized carbons (Fsp3) is 0.520. The molecule has 1 amide bonds. The van der Waals surface area contributed by atoms with Crippen molar-refractivity contribution in [2.75, 3.05) is 68.6 Å². The fourth-order valence-electron chi connectivity index (χ4n) is 5.24. The van der Waals surface area contributed by atoms with Gasteiger partial charge in [-0.15, -0.1) is 0 Å². The molecule has 5 rings (SSSR count). The van der Waals surface area contributed by atoms with E-state index in [-0.39, 0.29) is 22.9 Å². The SMILES string of the molecule is C[C@@H]1C(=O)N(C)c2ccc(Nc3cccc(S(=O)(=O)N4CCOCC4)c3)nc2N1C1CCN(C)CC1. The summed E-state index contributed by atoms with van der Waals surface area (Å²) in [6.07, 6.45) is 1.94. The zero-order valence-corrected chi connectivity index (χ0v) is 21.9. The third kappa shape index (κ3) is 4.68. The van der Waals surface area contributed by atoms with Gasteiger partial charge in [0.2, 0.25) is 15.9 Å². The number of anilines is 4. The average molecular weight is 515 g/mol. The Morgan fingerprint density at radius 3 is 2.47 bits per heavy atom. The number of nitrogens with zero attached hydrogens (tertiary/aromatic N) is 5. The quantitative estimate of drug-likeness (QED) is 0.648. The van der Waals surface area contributed by atoms with Crippen molar-refractivity contribution in [3.63, 3.8) is 0 Å². The van der Waals surface area contributed by atoms with Crippen LogP contribution in [0.2, 0.25) is 0 Å². The molecule has 3 aliphatic heterocycles. The summed E-state index contributed by atoms with van der Waals surface area (Å²) in [4.78, 5) is 24.3. The topological polar surface area (TPSA) is 98.3 Å². The first-order valence-electron chi connectivity index (χ1n) is 12.5. The molecule has 10 nitrogen and oxygen atoms in total. The molecule has 0 spiro atoms. The number of likely N-dealkylation sites (N-methyl/N-ethyl adjacent to an activating group) is 1. The number of hydrogen-bond donors (Lipinski definition) is 1. The predicted octanol–water partition coefficient (Wildman–Crippen LogP) is 2.11. The van der Waals surface area contributed by atoms with E-state index in [2.05, 4.69) is 22.2 Å². The number of fused-ring (bicyclic) bond motifs is 1. The number of benzene rings is 1. The lowest BCUT2D eigenvalue weighted by Gasteiger charge is -2.45. The Morgan fingerprint density at radius 2 is 1.75 bits per heavy atom. The molecule has 2 saturated heterocycles. The lowest BCUT2D eigenvalue weighted by Crippen LogP contribution is -2.57. The van der Waals surface area contributed by atoms with Crippen molar-refractivity contribution < 1.29 is 17.9 Å². The van der Waals surface area contributed by atoms with Gasteiger partial charge in [0.25, 0.3) is 0 Å². The van der Waals surface area contributed by atoms with Gasteiger partial charge in [-0.2, -0.15) is 4.31 Å². The Kier molecular flexibility index (Phi) is 6.90. The van der Waals surface area contributed by atoms with Crippen LogP contribution >= 0.6 is 0 Å². The molecule has 3 aliphatic rings. The molecule has 11 heteroatoms. The summed E-state index contributed by atoms with van der Waals surface area (Å²) in [5.41, 5.74) is 1.42. The van der Waals surface area contributed by atoms with Crippen molar-refractivity contribution in [3.05, 3.63) is 36.4 Å². The Balaban J connectivity index is 1.43. The van der Waals surface area contributed by atoms with E-state index in [1.807, 2.05) is 25.1 Å². The smallest absolute Gasteiger partial charge is 0.249 e. The summed E-state index contributed by atoms with van der Waals surface area (Å²) in [5, 5.41) is 3.28. The number of piperidine rings is 1. The summed E-state index contributed by atoms with van der Waals surface area (Å²) >= 11 is 0. The van der Waals surface area contributed by atoms with Crippen LogP contribution in [0.25, 0.3) is 0 Å². The van der Waals surface area contributed by atoms with Gasteiger partial charge in [0.15, 0.2) is 5.82 Å². The highest BCUT2D eigenvalue weighted by Crippen LogP contribution is 2.38. The molecule has 0 bridgehead atoms. The molecule has 1 atom stereocenters. The molecule has 36 heavy (non-hydrogen) atoms. The van der Waals surface area contributed by atoms with Crippen LogP contribution in [0, 0.1) is 0 Å². The van der Waals surface area contributed by atoms with E-state index in [1.165, 1.54) is 4.31 Å². The summed E-state index contributed by atoms with van der Waals surface area (Å²) in [5.74, 6) is 1.44. The van der Waals surface area contributed by atoms with Gasteiger partial charge in [0.1, 0.15) is 11.9 Å². The molecule has 1 aromatic heterocycles. The highest BCUT2D eigenvalue weighted by Gasteiger charge is 2.39. The van der Waals surface area contributed by atoms with Crippen LogP contribution in [-0.4, -0.2) is 94.1 Å². The van der Waals surface area contributed by atoms with Crippen molar-refractivity contribution in [3.8, 4) is 0 Å². The largest absolute Gasteiger partial charge is 0.379 e. The number of sulfonamides is 1. The van der Waals surface area contributed by atoms with Gasteiger partial charge in [-0.1, -0.05) is 6.07 Å². The van der Waals surface area contributed by atoms with Crippen LogP contribution in [0.15, 0.2) is 41.3 Å². The maximum Gasteiger partial charge on any atom is 0.249 e. The molecule has 0 unspecified atom stereocenters. The Hall–Kier alpha value is -2.73. The molecular weight excluding hydrogens is 480 g/mol. The van der Waals surface area contributed by atoms with E-state index in [0.29, 0.717) is 37.8 Å². The fourth-order valence-corrected chi connectivity index (χ4v) is 6.70. The van der Waals surface area contributed by atoms with Crippen LogP contribution < -0.4 is 15.1 Å². The van der Waals surface area contributed by atoms with E-state index in [0.717, 1.165) is 37.4 Å². The molecule has 1 aromatic carbocycles. The van der Waals surface area contributed by atoms with E-state index in [1.54, 1.807) is 30.1 Å². The highest BCUT2D eigenvalue weighted by molar-refractivity contribution is 7.89. The molecule has 2 fully saturated rings. The van der Waals surface area contributed by atoms with Gasteiger partial charge in [-0.3, -0.25) is 4.79 Å². The number of nitrogens with one attached hydrogen (secondary N) is 1. The summed E-state index contributed by atoms with van der Waals surface area (Å²) in [6.45, 7) is 5.42. The van der Waals surface area contributed by atoms with Crippen LogP contribution in [-0.2, 0) is 19.6 Å². The summed E-state index contributed by atoms with van der Waals surface area (Å²) in [6, 6.07) is 10.5. The normalized spacial score (nSPS) is 22.5. The van der Waals surface area contributed by atoms with E-state index in [4.69, 9.17) is 9.72 Å². The van der Waals surface area contributed by atoms with Crippen LogP contribution in [0.5, 0.6) is 0 Å². The van der Waals surface area contributed by atoms with Crippen LogP contribution in [0.3, 0.4) is 0 Å². The molecule has 4 heterocycles. The zero-order chi connectivity index (χ0) is 25.4. The minimum absolute atomic E-state index is 0.0601. The van der Waals surface area contributed by atoms with Gasteiger partial charge in [-0.05, 0) is 70.2 Å². The van der Waals surface area contributed by atoms with Gasteiger partial charge in [0.05, 0.1) is 23.8 Å². The van der Waals surface area contributed by atoms with E-state index >= 15 is 0 Å². The number of likely N-dealkylation sites (tertiary alicyclic amines) is 1. The highest BCUT2D eigenvalue weighted by atomic mass is 32.2. The summed E-state index contributed by atoms with van der Waals surface area (Å²) < 4.78 is 33.0. The molecule has 2 aromatic rings. The van der Waals surface area contributed by atoms with E-state index in [9.17, 15) is 13.2 Å². The van der Waals surface area contributed by atoms with E-state index < -0.39 is 10.0 Å². The third-order valence-corrected chi connectivity index (χ3v) is 9.26. The van der Waals surface area contributed by atoms with Crippen molar-refractivity contribution in [2.24, 2.45) is 0 Å². The molecule has 0 radical (unpaired) electrons. The lowest BCUT2D eigenvalue weighted by atomic mass is 9.99. The number of carbonyl (C=O) groups excluding carboxylic acids is 1. The van der Waals surface area contributed by atoms with Gasteiger partial charge < -0.3 is 24.8 Å². The number of amides is 1. The molecule has 0 saturated carbocycles. The first-order chi connectivity index (χ1) is 17.3. The van der Waals surface area contributed by atoms with Gasteiger partial charge >= 0.3 is 0 Å². The third-order valence-electron chi connectivity index (χ3n) is 7.36. The standard InChI is InChI=1S/C25H34N6O4S/c1-18-25(32)29(3)22-7-8-23(27-24(22)31(18)20-9-11-28(2)12-10-20)26-19-5-4-6-21(17-19)36(33,34)30-13-15-35-16-14-30/h4-8,17-18,20H,9-16H2,1-3H3,(H,26,27)/t18-/m1/s1. The second-order valence-electron chi connectivity index (χ2n) is 9.72. The number of pyridine rings is 1. The number of morpholine rings is 1. The average Bonchev–Trinajstić information content (AvgIpc) is 2.89. The second-order valence-corrected chi connectivity index (χ2v) is 11.7. The Bertz CT molecular complexity index is 1220. The zero-order valence-electron chi connectivity index (χ0n) is 21.1. The number of ether oxygens (including phenoxy) is 1. The lowest BCUT2D eigenvalue weighted by molar-refractivity contribution is -0.119. The maximum atomic E-state index is 13.1. The molecule has 0 aliphatic carbocycles. The second kappa shape index (κ2) is 9.97. The number of hydrogen-bond acceptors (Lipinski definition) is 8. The minimum Gasteiger partial charge on any atom is -0.379 e. The summed E-state index contributed by atoms with van der Waals surface area (Å²) in [7, 11) is 0.308. The number of carbonyl (C=O) groups is 1.